The maximum absolute atomic E-state index is 12.7. The van der Waals surface area contributed by atoms with Gasteiger partial charge in [0.15, 0.2) is 0 Å². The molecule has 142 valence electrons. The highest BCUT2D eigenvalue weighted by Crippen LogP contribution is 2.25. The molecule has 0 amide bonds. The van der Waals surface area contributed by atoms with Crippen LogP contribution < -0.4 is 14.8 Å². The van der Waals surface area contributed by atoms with Crippen LogP contribution in [0.3, 0.4) is 0 Å². The number of anilines is 3. The second-order valence-electron chi connectivity index (χ2n) is 6.13. The maximum atomic E-state index is 12.7. The van der Waals surface area contributed by atoms with Gasteiger partial charge in [0.2, 0.25) is 0 Å². The SMILES string of the molecule is COc1ccc(S(=O)(=O)Nc2ccc(Nc3cccc(C#N)c3)cc2)c(C)c1. The van der Waals surface area contributed by atoms with Gasteiger partial charge in [-0.1, -0.05) is 6.07 Å². The van der Waals surface area contributed by atoms with Crippen LogP contribution in [0.5, 0.6) is 5.75 Å². The van der Waals surface area contributed by atoms with E-state index in [0.29, 0.717) is 22.6 Å². The molecule has 0 radical (unpaired) electrons. The first-order valence-corrected chi connectivity index (χ1v) is 9.94. The van der Waals surface area contributed by atoms with Gasteiger partial charge in [-0.05, 0) is 73.2 Å². The van der Waals surface area contributed by atoms with Gasteiger partial charge in [-0.15, -0.1) is 0 Å². The Hall–Kier alpha value is -3.50. The van der Waals surface area contributed by atoms with Crippen LogP contribution in [0.15, 0.2) is 71.6 Å². The van der Waals surface area contributed by atoms with Crippen LogP contribution in [0.2, 0.25) is 0 Å². The first-order valence-electron chi connectivity index (χ1n) is 8.46. The Labute approximate surface area is 164 Å². The zero-order valence-corrected chi connectivity index (χ0v) is 16.2. The van der Waals surface area contributed by atoms with Gasteiger partial charge in [0.05, 0.1) is 23.6 Å². The van der Waals surface area contributed by atoms with Gasteiger partial charge < -0.3 is 10.1 Å². The average Bonchev–Trinajstić information content (AvgIpc) is 2.69. The van der Waals surface area contributed by atoms with E-state index in [1.807, 2.05) is 6.07 Å². The summed E-state index contributed by atoms with van der Waals surface area (Å²) in [7, 11) is -2.18. The van der Waals surface area contributed by atoms with Crippen molar-refractivity contribution in [2.24, 2.45) is 0 Å². The second-order valence-corrected chi connectivity index (χ2v) is 7.78. The van der Waals surface area contributed by atoms with Crippen molar-refractivity contribution in [3.05, 3.63) is 77.9 Å². The van der Waals surface area contributed by atoms with E-state index in [4.69, 9.17) is 10.00 Å². The maximum Gasteiger partial charge on any atom is 0.262 e. The molecule has 7 heteroatoms. The fourth-order valence-electron chi connectivity index (χ4n) is 2.72. The summed E-state index contributed by atoms with van der Waals surface area (Å²) in [6.07, 6.45) is 0. The van der Waals surface area contributed by atoms with Gasteiger partial charge in [0.25, 0.3) is 10.0 Å². The quantitative estimate of drug-likeness (QED) is 0.647. The fourth-order valence-corrected chi connectivity index (χ4v) is 4.00. The van der Waals surface area contributed by atoms with Crippen molar-refractivity contribution in [3.63, 3.8) is 0 Å². The minimum atomic E-state index is -3.71. The third kappa shape index (κ3) is 4.42. The number of rotatable bonds is 6. The average molecular weight is 393 g/mol. The van der Waals surface area contributed by atoms with Crippen LogP contribution in [0.4, 0.5) is 17.1 Å². The first kappa shape index (κ1) is 19.3. The van der Waals surface area contributed by atoms with E-state index < -0.39 is 10.0 Å². The Kier molecular flexibility index (Phi) is 5.52. The minimum Gasteiger partial charge on any atom is -0.497 e. The normalized spacial score (nSPS) is 10.8. The summed E-state index contributed by atoms with van der Waals surface area (Å²) in [5.41, 5.74) is 3.17. The van der Waals surface area contributed by atoms with Crippen molar-refractivity contribution < 1.29 is 13.2 Å². The molecule has 0 atom stereocenters. The number of methoxy groups -OCH3 is 1. The topological polar surface area (TPSA) is 91.2 Å². The Morgan fingerprint density at radius 1 is 0.929 bits per heavy atom. The van der Waals surface area contributed by atoms with Gasteiger partial charge in [0, 0.05) is 17.1 Å². The van der Waals surface area contributed by atoms with Gasteiger partial charge in [-0.3, -0.25) is 4.72 Å². The molecule has 0 aromatic heterocycles. The molecule has 6 nitrogen and oxygen atoms in total. The van der Waals surface area contributed by atoms with E-state index in [1.54, 1.807) is 61.5 Å². The fraction of sp³-hybridized carbons (Fsp3) is 0.0952. The summed E-state index contributed by atoms with van der Waals surface area (Å²) in [5, 5.41) is 12.1. The Balaban J connectivity index is 1.75. The molecule has 0 aliphatic heterocycles. The second kappa shape index (κ2) is 8.03. The van der Waals surface area contributed by atoms with E-state index in [0.717, 1.165) is 11.4 Å². The minimum absolute atomic E-state index is 0.198. The van der Waals surface area contributed by atoms with Crippen molar-refractivity contribution in [1.29, 1.82) is 5.26 Å². The molecule has 0 fully saturated rings. The molecular formula is C21H19N3O3S. The number of benzene rings is 3. The van der Waals surface area contributed by atoms with E-state index in [1.165, 1.54) is 13.2 Å². The molecule has 0 saturated carbocycles. The molecule has 2 N–H and O–H groups in total. The highest BCUT2D eigenvalue weighted by Gasteiger charge is 2.17. The van der Waals surface area contributed by atoms with Crippen molar-refractivity contribution in [3.8, 4) is 11.8 Å². The highest BCUT2D eigenvalue weighted by atomic mass is 32.2. The zero-order valence-electron chi connectivity index (χ0n) is 15.4. The number of sulfonamides is 1. The number of nitriles is 1. The zero-order chi connectivity index (χ0) is 20.1. The Bertz CT molecular complexity index is 1130. The van der Waals surface area contributed by atoms with Crippen LogP contribution in [0, 0.1) is 18.3 Å². The molecule has 3 aromatic carbocycles. The largest absolute Gasteiger partial charge is 0.497 e. The number of ether oxygens (including phenoxy) is 1. The highest BCUT2D eigenvalue weighted by molar-refractivity contribution is 7.92. The molecule has 3 rings (SSSR count). The summed E-state index contributed by atoms with van der Waals surface area (Å²) in [6.45, 7) is 1.72. The predicted molar refractivity (Wildman–Crippen MR) is 109 cm³/mol. The lowest BCUT2D eigenvalue weighted by molar-refractivity contribution is 0.414. The lowest BCUT2D eigenvalue weighted by atomic mass is 10.2. The van der Waals surface area contributed by atoms with Gasteiger partial charge in [-0.2, -0.15) is 5.26 Å². The Morgan fingerprint density at radius 3 is 2.29 bits per heavy atom. The molecular weight excluding hydrogens is 374 g/mol. The summed E-state index contributed by atoms with van der Waals surface area (Å²) < 4.78 is 33.0. The van der Waals surface area contributed by atoms with Crippen LogP contribution in [0.1, 0.15) is 11.1 Å². The van der Waals surface area contributed by atoms with Crippen LogP contribution >= 0.6 is 0 Å². The number of nitrogens with zero attached hydrogens (tertiary/aromatic N) is 1. The standard InChI is InChI=1S/C21H19N3O3S/c1-15-12-20(27-2)10-11-21(15)28(25,26)24-18-8-6-17(7-9-18)23-19-5-3-4-16(13-19)14-22/h3-13,23-24H,1-2H3. The first-order chi connectivity index (χ1) is 13.4. The monoisotopic (exact) mass is 393 g/mol. The van der Waals surface area contributed by atoms with Gasteiger partial charge in [0.1, 0.15) is 5.75 Å². The van der Waals surface area contributed by atoms with Crippen molar-refractivity contribution >= 4 is 27.1 Å². The Morgan fingerprint density at radius 2 is 1.64 bits per heavy atom. The predicted octanol–water partition coefficient (Wildman–Crippen LogP) is 4.42. The number of hydrogen-bond acceptors (Lipinski definition) is 5. The summed E-state index contributed by atoms with van der Waals surface area (Å²) in [4.78, 5) is 0.198. The van der Waals surface area contributed by atoms with Crippen LogP contribution in [-0.2, 0) is 10.0 Å². The van der Waals surface area contributed by atoms with E-state index in [9.17, 15) is 8.42 Å². The molecule has 0 aliphatic carbocycles. The molecule has 0 aliphatic rings. The van der Waals surface area contributed by atoms with Crippen molar-refractivity contribution in [1.82, 2.24) is 0 Å². The summed E-state index contributed by atoms with van der Waals surface area (Å²) >= 11 is 0. The summed E-state index contributed by atoms with van der Waals surface area (Å²) in [6, 6.07) is 20.9. The lowest BCUT2D eigenvalue weighted by Gasteiger charge is -2.12. The molecule has 28 heavy (non-hydrogen) atoms. The molecule has 0 spiro atoms. The lowest BCUT2D eigenvalue weighted by Crippen LogP contribution is -2.14. The van der Waals surface area contributed by atoms with Gasteiger partial charge in [-0.25, -0.2) is 8.42 Å². The molecule has 0 bridgehead atoms. The molecule has 0 heterocycles. The van der Waals surface area contributed by atoms with E-state index in [2.05, 4.69) is 16.1 Å². The van der Waals surface area contributed by atoms with Crippen LogP contribution in [-0.4, -0.2) is 15.5 Å². The van der Waals surface area contributed by atoms with Crippen molar-refractivity contribution in [2.75, 3.05) is 17.1 Å². The summed E-state index contributed by atoms with van der Waals surface area (Å²) in [5.74, 6) is 0.604. The van der Waals surface area contributed by atoms with E-state index >= 15 is 0 Å². The third-order valence-corrected chi connectivity index (χ3v) is 5.63. The molecule has 0 saturated heterocycles. The smallest absolute Gasteiger partial charge is 0.262 e. The number of nitrogens with one attached hydrogen (secondary N) is 2. The van der Waals surface area contributed by atoms with Crippen molar-refractivity contribution in [2.45, 2.75) is 11.8 Å². The number of aryl methyl sites for hydroxylation is 1. The van der Waals surface area contributed by atoms with E-state index in [-0.39, 0.29) is 4.90 Å². The third-order valence-electron chi connectivity index (χ3n) is 4.09. The molecule has 3 aromatic rings. The van der Waals surface area contributed by atoms with Crippen LogP contribution in [0.25, 0.3) is 0 Å². The van der Waals surface area contributed by atoms with Gasteiger partial charge >= 0.3 is 0 Å². The number of hydrogen-bond donors (Lipinski definition) is 2. The molecule has 0 unspecified atom stereocenters.